The second kappa shape index (κ2) is 2.20. The van der Waals surface area contributed by atoms with Crippen molar-refractivity contribution in [2.75, 3.05) is 13.4 Å². The first-order valence-corrected chi connectivity index (χ1v) is 4.64. The maximum atomic E-state index is 5.61. The molecule has 2 nitrogen and oxygen atoms in total. The number of rotatable bonds is 0. The van der Waals surface area contributed by atoms with Gasteiger partial charge in [0.15, 0.2) is 0 Å². The highest BCUT2D eigenvalue weighted by atomic mass is 16.7. The van der Waals surface area contributed by atoms with E-state index in [0.29, 0.717) is 12.9 Å². The molecule has 0 amide bonds. The molecule has 1 heterocycles. The third kappa shape index (κ3) is 0.798. The summed E-state index contributed by atoms with van der Waals surface area (Å²) in [5, 5.41) is 0. The van der Waals surface area contributed by atoms with E-state index in [-0.39, 0.29) is 0 Å². The first-order valence-electron chi connectivity index (χ1n) is 4.64. The summed E-state index contributed by atoms with van der Waals surface area (Å²) >= 11 is 0. The lowest BCUT2D eigenvalue weighted by Crippen LogP contribution is -2.38. The number of ether oxygens (including phenoxy) is 2. The van der Waals surface area contributed by atoms with E-state index < -0.39 is 0 Å². The van der Waals surface area contributed by atoms with Crippen molar-refractivity contribution < 1.29 is 9.47 Å². The van der Waals surface area contributed by atoms with Gasteiger partial charge in [0.25, 0.3) is 0 Å². The lowest BCUT2D eigenvalue weighted by molar-refractivity contribution is -0.183. The van der Waals surface area contributed by atoms with Crippen LogP contribution >= 0.6 is 0 Å². The summed E-state index contributed by atoms with van der Waals surface area (Å²) in [6.45, 7) is 1.51. The average Bonchev–Trinajstić information content (AvgIpc) is 2.64. The van der Waals surface area contributed by atoms with Gasteiger partial charge in [-0.1, -0.05) is 0 Å². The van der Waals surface area contributed by atoms with Crippen molar-refractivity contribution in [1.29, 1.82) is 0 Å². The van der Waals surface area contributed by atoms with Gasteiger partial charge in [0, 0.05) is 5.92 Å². The zero-order valence-corrected chi connectivity index (χ0v) is 6.66. The van der Waals surface area contributed by atoms with Crippen molar-refractivity contribution in [3.8, 4) is 0 Å². The van der Waals surface area contributed by atoms with Gasteiger partial charge in [-0.2, -0.15) is 0 Å². The average molecular weight is 154 g/mol. The largest absolute Gasteiger partial charge is 0.355 e. The van der Waals surface area contributed by atoms with Crippen molar-refractivity contribution in [3.63, 3.8) is 0 Å². The molecule has 0 unspecified atom stereocenters. The molecule has 3 rings (SSSR count). The summed E-state index contributed by atoms with van der Waals surface area (Å²) in [7, 11) is 0. The SMILES string of the molecule is C1OC[C@H]2[C@@H]3CC[C@@H](C3)[C@H]2O1. The topological polar surface area (TPSA) is 18.5 Å². The third-order valence-electron chi connectivity index (χ3n) is 3.66. The van der Waals surface area contributed by atoms with Crippen LogP contribution in [0.15, 0.2) is 0 Å². The fraction of sp³-hybridized carbons (Fsp3) is 1.00. The van der Waals surface area contributed by atoms with Gasteiger partial charge in [0.2, 0.25) is 0 Å². The van der Waals surface area contributed by atoms with Gasteiger partial charge in [-0.05, 0) is 31.1 Å². The van der Waals surface area contributed by atoms with Crippen LogP contribution in [0.1, 0.15) is 19.3 Å². The monoisotopic (exact) mass is 154 g/mol. The Bertz CT molecular complexity index is 151. The van der Waals surface area contributed by atoms with Crippen LogP contribution in [0.4, 0.5) is 0 Å². The molecular formula is C9H14O2. The van der Waals surface area contributed by atoms with E-state index in [4.69, 9.17) is 9.47 Å². The van der Waals surface area contributed by atoms with Crippen molar-refractivity contribution in [2.45, 2.75) is 25.4 Å². The van der Waals surface area contributed by atoms with Crippen LogP contribution in [0.25, 0.3) is 0 Å². The number of hydrogen-bond acceptors (Lipinski definition) is 2. The Hall–Kier alpha value is -0.0800. The molecule has 62 valence electrons. The Morgan fingerprint density at radius 1 is 1.09 bits per heavy atom. The van der Waals surface area contributed by atoms with Gasteiger partial charge in [-0.15, -0.1) is 0 Å². The van der Waals surface area contributed by atoms with Gasteiger partial charge in [-0.25, -0.2) is 0 Å². The van der Waals surface area contributed by atoms with Gasteiger partial charge in [-0.3, -0.25) is 0 Å². The third-order valence-corrected chi connectivity index (χ3v) is 3.66. The van der Waals surface area contributed by atoms with Gasteiger partial charge in [0.1, 0.15) is 6.79 Å². The van der Waals surface area contributed by atoms with Crippen molar-refractivity contribution in [1.82, 2.24) is 0 Å². The highest BCUT2D eigenvalue weighted by Gasteiger charge is 2.49. The standard InChI is InChI=1S/C9H14O2/c1-2-7-3-6(1)8-4-10-5-11-9(7)8/h6-9H,1-5H2/t6-,7+,8+,9-/m1/s1. The lowest BCUT2D eigenvalue weighted by Gasteiger charge is -2.34. The molecule has 2 saturated carbocycles. The highest BCUT2D eigenvalue weighted by Crippen LogP contribution is 2.50. The van der Waals surface area contributed by atoms with E-state index in [2.05, 4.69) is 0 Å². The minimum atomic E-state index is 0.546. The molecule has 1 saturated heterocycles. The van der Waals surface area contributed by atoms with Crippen LogP contribution in [0.3, 0.4) is 0 Å². The Balaban J connectivity index is 1.84. The molecule has 3 fully saturated rings. The molecular weight excluding hydrogens is 140 g/mol. The van der Waals surface area contributed by atoms with E-state index in [1.54, 1.807) is 0 Å². The summed E-state index contributed by atoms with van der Waals surface area (Å²) in [6.07, 6.45) is 4.82. The number of fused-ring (bicyclic) bond motifs is 5. The van der Waals surface area contributed by atoms with Crippen LogP contribution in [0, 0.1) is 17.8 Å². The minimum Gasteiger partial charge on any atom is -0.355 e. The first-order chi connectivity index (χ1) is 5.45. The highest BCUT2D eigenvalue weighted by molar-refractivity contribution is 4.98. The Labute approximate surface area is 66.9 Å². The molecule has 4 atom stereocenters. The fourth-order valence-electron chi connectivity index (χ4n) is 3.16. The maximum absolute atomic E-state index is 5.61. The Kier molecular flexibility index (Phi) is 1.29. The van der Waals surface area contributed by atoms with E-state index in [0.717, 1.165) is 24.4 Å². The summed E-state index contributed by atoms with van der Waals surface area (Å²) in [5.74, 6) is 2.57. The van der Waals surface area contributed by atoms with E-state index >= 15 is 0 Å². The molecule has 0 radical (unpaired) electrons. The van der Waals surface area contributed by atoms with Crippen LogP contribution in [-0.2, 0) is 9.47 Å². The minimum absolute atomic E-state index is 0.546. The quantitative estimate of drug-likeness (QED) is 0.525. The molecule has 2 bridgehead atoms. The van der Waals surface area contributed by atoms with Crippen LogP contribution in [0.5, 0.6) is 0 Å². The molecule has 3 aliphatic rings. The Morgan fingerprint density at radius 3 is 2.91 bits per heavy atom. The zero-order valence-electron chi connectivity index (χ0n) is 6.66. The van der Waals surface area contributed by atoms with Crippen LogP contribution < -0.4 is 0 Å². The zero-order chi connectivity index (χ0) is 7.26. The van der Waals surface area contributed by atoms with Gasteiger partial charge < -0.3 is 9.47 Å². The smallest absolute Gasteiger partial charge is 0.147 e. The fourth-order valence-corrected chi connectivity index (χ4v) is 3.16. The first kappa shape index (κ1) is 6.44. The van der Waals surface area contributed by atoms with Crippen LogP contribution in [-0.4, -0.2) is 19.5 Å². The summed E-state index contributed by atoms with van der Waals surface area (Å²) in [4.78, 5) is 0. The van der Waals surface area contributed by atoms with E-state index in [1.807, 2.05) is 0 Å². The molecule has 1 aliphatic heterocycles. The summed E-state index contributed by atoms with van der Waals surface area (Å²) in [6, 6.07) is 0. The van der Waals surface area contributed by atoms with Crippen LogP contribution in [0.2, 0.25) is 0 Å². The van der Waals surface area contributed by atoms with Crippen molar-refractivity contribution in [3.05, 3.63) is 0 Å². The lowest BCUT2D eigenvalue weighted by atomic mass is 9.86. The Morgan fingerprint density at radius 2 is 2.00 bits per heavy atom. The molecule has 0 spiro atoms. The number of hydrogen-bond donors (Lipinski definition) is 0. The van der Waals surface area contributed by atoms with E-state index in [9.17, 15) is 0 Å². The molecule has 11 heavy (non-hydrogen) atoms. The maximum Gasteiger partial charge on any atom is 0.147 e. The molecule has 0 aromatic heterocycles. The van der Waals surface area contributed by atoms with Crippen molar-refractivity contribution in [2.24, 2.45) is 17.8 Å². The molecule has 0 aromatic carbocycles. The predicted molar refractivity (Wildman–Crippen MR) is 40.0 cm³/mol. The molecule has 2 aliphatic carbocycles. The normalized spacial score (nSPS) is 54.5. The molecule has 0 N–H and O–H groups in total. The van der Waals surface area contributed by atoms with E-state index in [1.165, 1.54) is 19.3 Å². The van der Waals surface area contributed by atoms with Crippen molar-refractivity contribution >= 4 is 0 Å². The van der Waals surface area contributed by atoms with Gasteiger partial charge in [0.05, 0.1) is 12.7 Å². The second-order valence-corrected chi connectivity index (χ2v) is 4.12. The van der Waals surface area contributed by atoms with Gasteiger partial charge >= 0.3 is 0 Å². The predicted octanol–water partition coefficient (Wildman–Crippen LogP) is 1.41. The second-order valence-electron chi connectivity index (χ2n) is 4.12. The summed E-state index contributed by atoms with van der Waals surface area (Å²) in [5.41, 5.74) is 0. The summed E-state index contributed by atoms with van der Waals surface area (Å²) < 4.78 is 10.9. The molecule has 2 heteroatoms. The molecule has 0 aromatic rings.